The maximum Gasteiger partial charge on any atom is 0.167 e. The van der Waals surface area contributed by atoms with Gasteiger partial charge in [0.1, 0.15) is 5.82 Å². The topological polar surface area (TPSA) is 38.5 Å². The van der Waals surface area contributed by atoms with Gasteiger partial charge < -0.3 is 15.4 Å². The lowest BCUT2D eigenvalue weighted by molar-refractivity contribution is 0.158. The SMILES string of the molecule is CN1CCC(N)(CCOc2ccc(F)cc2F)CC1. The molecular weight excluding hydrogens is 250 g/mol. The first-order valence-electron chi connectivity index (χ1n) is 6.54. The third kappa shape index (κ3) is 3.88. The van der Waals surface area contributed by atoms with Crippen LogP contribution in [0.3, 0.4) is 0 Å². The van der Waals surface area contributed by atoms with Gasteiger partial charge in [-0.1, -0.05) is 0 Å². The molecule has 0 unspecified atom stereocenters. The molecule has 0 atom stereocenters. The predicted octanol–water partition coefficient (Wildman–Crippen LogP) is 2.16. The molecule has 19 heavy (non-hydrogen) atoms. The van der Waals surface area contributed by atoms with E-state index in [0.717, 1.165) is 32.0 Å². The summed E-state index contributed by atoms with van der Waals surface area (Å²) in [5.41, 5.74) is 6.05. The Morgan fingerprint density at radius 3 is 2.63 bits per heavy atom. The van der Waals surface area contributed by atoms with E-state index in [1.807, 2.05) is 0 Å². The highest BCUT2D eigenvalue weighted by molar-refractivity contribution is 5.24. The molecule has 1 fully saturated rings. The fourth-order valence-corrected chi connectivity index (χ4v) is 2.27. The fourth-order valence-electron chi connectivity index (χ4n) is 2.27. The number of nitrogens with two attached hydrogens (primary N) is 1. The molecule has 106 valence electrons. The summed E-state index contributed by atoms with van der Waals surface area (Å²) in [5.74, 6) is -1.19. The number of piperidine rings is 1. The van der Waals surface area contributed by atoms with Crippen molar-refractivity contribution >= 4 is 0 Å². The predicted molar refractivity (Wildman–Crippen MR) is 70.1 cm³/mol. The number of rotatable bonds is 4. The van der Waals surface area contributed by atoms with Crippen LogP contribution in [0.15, 0.2) is 18.2 Å². The monoisotopic (exact) mass is 270 g/mol. The second kappa shape index (κ2) is 5.84. The Kier molecular flexibility index (Phi) is 4.37. The van der Waals surface area contributed by atoms with Gasteiger partial charge in [0.25, 0.3) is 0 Å². The van der Waals surface area contributed by atoms with Crippen molar-refractivity contribution in [3.8, 4) is 5.75 Å². The molecule has 2 rings (SSSR count). The number of hydrogen-bond donors (Lipinski definition) is 1. The van der Waals surface area contributed by atoms with Crippen molar-refractivity contribution in [1.29, 1.82) is 0 Å². The van der Waals surface area contributed by atoms with Crippen LogP contribution in [-0.4, -0.2) is 37.2 Å². The molecular formula is C14H20F2N2O. The highest BCUT2D eigenvalue weighted by Crippen LogP contribution is 2.24. The van der Waals surface area contributed by atoms with Gasteiger partial charge in [0, 0.05) is 11.6 Å². The fraction of sp³-hybridized carbons (Fsp3) is 0.571. The highest BCUT2D eigenvalue weighted by atomic mass is 19.1. The van der Waals surface area contributed by atoms with Gasteiger partial charge in [-0.25, -0.2) is 8.78 Å². The van der Waals surface area contributed by atoms with Gasteiger partial charge in [0.2, 0.25) is 0 Å². The van der Waals surface area contributed by atoms with Crippen LogP contribution in [0, 0.1) is 11.6 Å². The molecule has 0 spiro atoms. The number of ether oxygens (including phenoxy) is 1. The molecule has 0 saturated carbocycles. The summed E-state index contributed by atoms with van der Waals surface area (Å²) in [6.45, 7) is 2.30. The number of likely N-dealkylation sites (tertiary alicyclic amines) is 1. The van der Waals surface area contributed by atoms with E-state index >= 15 is 0 Å². The highest BCUT2D eigenvalue weighted by Gasteiger charge is 2.29. The molecule has 0 aromatic heterocycles. The molecule has 1 heterocycles. The van der Waals surface area contributed by atoms with Crippen LogP contribution in [0.4, 0.5) is 8.78 Å². The maximum absolute atomic E-state index is 13.4. The molecule has 1 aromatic carbocycles. The summed E-state index contributed by atoms with van der Waals surface area (Å²) in [5, 5.41) is 0. The molecule has 2 N–H and O–H groups in total. The molecule has 3 nitrogen and oxygen atoms in total. The number of halogens is 2. The van der Waals surface area contributed by atoms with Crippen molar-refractivity contribution in [3.05, 3.63) is 29.8 Å². The van der Waals surface area contributed by atoms with Gasteiger partial charge in [0.05, 0.1) is 6.61 Å². The Morgan fingerprint density at radius 2 is 2.00 bits per heavy atom. The van der Waals surface area contributed by atoms with Crippen LogP contribution in [-0.2, 0) is 0 Å². The minimum Gasteiger partial charge on any atom is -0.490 e. The third-order valence-electron chi connectivity index (χ3n) is 3.73. The first kappa shape index (κ1) is 14.2. The van der Waals surface area contributed by atoms with Crippen molar-refractivity contribution < 1.29 is 13.5 Å². The van der Waals surface area contributed by atoms with Gasteiger partial charge >= 0.3 is 0 Å². The zero-order chi connectivity index (χ0) is 13.9. The smallest absolute Gasteiger partial charge is 0.167 e. The van der Waals surface area contributed by atoms with E-state index in [2.05, 4.69) is 11.9 Å². The summed E-state index contributed by atoms with van der Waals surface area (Å²) < 4.78 is 31.4. The second-order valence-corrected chi connectivity index (χ2v) is 5.34. The Hall–Kier alpha value is -1.20. The van der Waals surface area contributed by atoms with Crippen LogP contribution in [0.5, 0.6) is 5.75 Å². The standard InChI is InChI=1S/C14H20F2N2O/c1-18-7-4-14(17,5-8-18)6-9-19-13-3-2-11(15)10-12(13)16/h2-3,10H,4-9,17H2,1H3. The summed E-state index contributed by atoms with van der Waals surface area (Å²) in [6, 6.07) is 3.32. The third-order valence-corrected chi connectivity index (χ3v) is 3.73. The van der Waals surface area contributed by atoms with Crippen molar-refractivity contribution in [1.82, 2.24) is 4.90 Å². The van der Waals surface area contributed by atoms with E-state index in [1.54, 1.807) is 0 Å². The van der Waals surface area contributed by atoms with E-state index in [-0.39, 0.29) is 11.3 Å². The summed E-state index contributed by atoms with van der Waals surface area (Å²) in [6.07, 6.45) is 2.51. The van der Waals surface area contributed by atoms with E-state index in [0.29, 0.717) is 13.0 Å². The maximum atomic E-state index is 13.4. The Balaban J connectivity index is 1.83. The van der Waals surface area contributed by atoms with Crippen LogP contribution in [0.1, 0.15) is 19.3 Å². The molecule has 1 aromatic rings. The lowest BCUT2D eigenvalue weighted by Gasteiger charge is -2.37. The minimum absolute atomic E-state index is 0.0814. The molecule has 1 aliphatic heterocycles. The lowest BCUT2D eigenvalue weighted by Crippen LogP contribution is -2.50. The van der Waals surface area contributed by atoms with E-state index in [9.17, 15) is 8.78 Å². The van der Waals surface area contributed by atoms with Gasteiger partial charge in [-0.2, -0.15) is 0 Å². The van der Waals surface area contributed by atoms with Crippen molar-refractivity contribution in [2.45, 2.75) is 24.8 Å². The number of nitrogens with zero attached hydrogens (tertiary/aromatic N) is 1. The molecule has 5 heteroatoms. The minimum atomic E-state index is -0.672. The summed E-state index contributed by atoms with van der Waals surface area (Å²) >= 11 is 0. The van der Waals surface area contributed by atoms with Crippen LogP contribution in [0.2, 0.25) is 0 Å². The molecule has 1 saturated heterocycles. The molecule has 1 aliphatic rings. The quantitative estimate of drug-likeness (QED) is 0.911. The molecule has 0 aliphatic carbocycles. The van der Waals surface area contributed by atoms with Gasteiger partial charge in [-0.15, -0.1) is 0 Å². The van der Waals surface area contributed by atoms with Crippen molar-refractivity contribution in [3.63, 3.8) is 0 Å². The Labute approximate surface area is 112 Å². The van der Waals surface area contributed by atoms with Crippen LogP contribution >= 0.6 is 0 Å². The largest absolute Gasteiger partial charge is 0.490 e. The number of hydrogen-bond acceptors (Lipinski definition) is 3. The first-order chi connectivity index (χ1) is 8.98. The zero-order valence-corrected chi connectivity index (χ0v) is 11.2. The van der Waals surface area contributed by atoms with E-state index in [4.69, 9.17) is 10.5 Å². The second-order valence-electron chi connectivity index (χ2n) is 5.34. The summed E-state index contributed by atoms with van der Waals surface area (Å²) in [4.78, 5) is 2.24. The first-order valence-corrected chi connectivity index (χ1v) is 6.54. The molecule has 0 radical (unpaired) electrons. The Bertz CT molecular complexity index is 431. The van der Waals surface area contributed by atoms with Gasteiger partial charge in [-0.05, 0) is 51.5 Å². The van der Waals surface area contributed by atoms with E-state index in [1.165, 1.54) is 12.1 Å². The van der Waals surface area contributed by atoms with Crippen LogP contribution in [0.25, 0.3) is 0 Å². The van der Waals surface area contributed by atoms with Gasteiger partial charge in [0.15, 0.2) is 11.6 Å². The Morgan fingerprint density at radius 1 is 1.32 bits per heavy atom. The zero-order valence-electron chi connectivity index (χ0n) is 11.2. The van der Waals surface area contributed by atoms with Crippen molar-refractivity contribution in [2.24, 2.45) is 5.73 Å². The summed E-state index contributed by atoms with van der Waals surface area (Å²) in [7, 11) is 2.07. The average molecular weight is 270 g/mol. The normalized spacial score (nSPS) is 19.4. The van der Waals surface area contributed by atoms with E-state index < -0.39 is 11.6 Å². The molecule has 0 amide bonds. The number of benzene rings is 1. The van der Waals surface area contributed by atoms with Gasteiger partial charge in [-0.3, -0.25) is 0 Å². The van der Waals surface area contributed by atoms with Crippen LogP contribution < -0.4 is 10.5 Å². The lowest BCUT2D eigenvalue weighted by atomic mass is 9.86. The molecule has 0 bridgehead atoms. The van der Waals surface area contributed by atoms with Crippen molar-refractivity contribution in [2.75, 3.05) is 26.7 Å². The average Bonchev–Trinajstić information content (AvgIpc) is 2.36.